The molecule has 2 unspecified atom stereocenters. The summed E-state index contributed by atoms with van der Waals surface area (Å²) in [4.78, 5) is 0.376. The van der Waals surface area contributed by atoms with Gasteiger partial charge in [0.25, 0.3) is 0 Å². The summed E-state index contributed by atoms with van der Waals surface area (Å²) in [6.07, 6.45) is 0. The Labute approximate surface area is 103 Å². The molecule has 17 heavy (non-hydrogen) atoms. The van der Waals surface area contributed by atoms with Crippen LogP contribution in [0.15, 0.2) is 35.2 Å². The summed E-state index contributed by atoms with van der Waals surface area (Å²) >= 11 is 0. The Morgan fingerprint density at radius 2 is 1.65 bits per heavy atom. The molecule has 0 spiro atoms. The highest BCUT2D eigenvalue weighted by molar-refractivity contribution is 7.89. The Hall–Kier alpha value is -0.910. The summed E-state index contributed by atoms with van der Waals surface area (Å²) in [5, 5.41) is 3.33. The quantitative estimate of drug-likeness (QED) is 0.858. The third-order valence-corrected chi connectivity index (χ3v) is 4.75. The number of sulfonamides is 1. The van der Waals surface area contributed by atoms with Gasteiger partial charge in [-0.25, -0.2) is 8.42 Å². The third kappa shape index (κ3) is 2.68. The molecule has 1 fully saturated rings. The SMILES string of the molecule is CC1CN(S(=O)(=O)c2ccccc2)CC(C)N1. The normalized spacial score (nSPS) is 26.9. The van der Waals surface area contributed by atoms with Gasteiger partial charge in [0.1, 0.15) is 0 Å². The van der Waals surface area contributed by atoms with E-state index in [2.05, 4.69) is 5.32 Å². The minimum atomic E-state index is -3.33. The van der Waals surface area contributed by atoms with Crippen molar-refractivity contribution in [3.05, 3.63) is 30.3 Å². The van der Waals surface area contributed by atoms with Crippen molar-refractivity contribution in [3.63, 3.8) is 0 Å². The van der Waals surface area contributed by atoms with Crippen LogP contribution in [0.1, 0.15) is 13.8 Å². The lowest BCUT2D eigenvalue weighted by atomic mass is 10.2. The van der Waals surface area contributed by atoms with Crippen molar-refractivity contribution < 1.29 is 8.42 Å². The van der Waals surface area contributed by atoms with Gasteiger partial charge in [0.15, 0.2) is 0 Å². The van der Waals surface area contributed by atoms with Crippen LogP contribution in [0.2, 0.25) is 0 Å². The van der Waals surface area contributed by atoms with Gasteiger partial charge in [-0.3, -0.25) is 0 Å². The average molecular weight is 254 g/mol. The molecule has 0 aromatic heterocycles. The topological polar surface area (TPSA) is 49.4 Å². The second kappa shape index (κ2) is 4.76. The Bertz CT molecular complexity index is 463. The molecule has 0 saturated carbocycles. The van der Waals surface area contributed by atoms with Gasteiger partial charge >= 0.3 is 0 Å². The number of rotatable bonds is 2. The van der Waals surface area contributed by atoms with Crippen molar-refractivity contribution in [2.75, 3.05) is 13.1 Å². The summed E-state index contributed by atoms with van der Waals surface area (Å²) in [6.45, 7) is 5.06. The van der Waals surface area contributed by atoms with Gasteiger partial charge in [-0.05, 0) is 26.0 Å². The Kier molecular flexibility index (Phi) is 3.51. The number of hydrogen-bond donors (Lipinski definition) is 1. The maximum absolute atomic E-state index is 12.4. The van der Waals surface area contributed by atoms with Crippen LogP contribution in [-0.4, -0.2) is 37.9 Å². The van der Waals surface area contributed by atoms with E-state index in [0.29, 0.717) is 18.0 Å². The average Bonchev–Trinajstić information content (AvgIpc) is 2.29. The molecule has 0 amide bonds. The van der Waals surface area contributed by atoms with E-state index in [-0.39, 0.29) is 12.1 Å². The summed E-state index contributed by atoms with van der Waals surface area (Å²) in [7, 11) is -3.33. The first-order valence-corrected chi connectivity index (χ1v) is 7.25. The molecule has 5 heteroatoms. The standard InChI is InChI=1S/C12H18N2O2S/c1-10-8-14(9-11(2)13-10)17(15,16)12-6-4-3-5-7-12/h3-7,10-11,13H,8-9H2,1-2H3. The van der Waals surface area contributed by atoms with E-state index in [1.165, 1.54) is 0 Å². The smallest absolute Gasteiger partial charge is 0.243 e. The monoisotopic (exact) mass is 254 g/mol. The molecule has 1 heterocycles. The molecule has 1 aromatic carbocycles. The predicted molar refractivity (Wildman–Crippen MR) is 67.3 cm³/mol. The molecule has 1 aromatic rings. The highest BCUT2D eigenvalue weighted by atomic mass is 32.2. The molecule has 1 aliphatic heterocycles. The molecule has 1 saturated heterocycles. The van der Waals surface area contributed by atoms with Crippen LogP contribution in [0.4, 0.5) is 0 Å². The van der Waals surface area contributed by atoms with Crippen molar-refractivity contribution in [2.24, 2.45) is 0 Å². The molecule has 0 aliphatic carbocycles. The lowest BCUT2D eigenvalue weighted by molar-refractivity contribution is 0.263. The van der Waals surface area contributed by atoms with Crippen LogP contribution in [0, 0.1) is 0 Å². The molecule has 2 rings (SSSR count). The summed E-state index contributed by atoms with van der Waals surface area (Å²) in [5.41, 5.74) is 0. The van der Waals surface area contributed by atoms with Crippen LogP contribution in [0.5, 0.6) is 0 Å². The zero-order chi connectivity index (χ0) is 12.5. The minimum Gasteiger partial charge on any atom is -0.309 e. The molecule has 2 atom stereocenters. The van der Waals surface area contributed by atoms with E-state index >= 15 is 0 Å². The van der Waals surface area contributed by atoms with Crippen LogP contribution >= 0.6 is 0 Å². The molecule has 0 bridgehead atoms. The van der Waals surface area contributed by atoms with Gasteiger partial charge < -0.3 is 5.32 Å². The lowest BCUT2D eigenvalue weighted by Gasteiger charge is -2.35. The maximum atomic E-state index is 12.4. The highest BCUT2D eigenvalue weighted by Crippen LogP contribution is 2.18. The van der Waals surface area contributed by atoms with Gasteiger partial charge in [-0.1, -0.05) is 18.2 Å². The van der Waals surface area contributed by atoms with Gasteiger partial charge in [-0.15, -0.1) is 0 Å². The zero-order valence-corrected chi connectivity index (χ0v) is 10.9. The van der Waals surface area contributed by atoms with E-state index < -0.39 is 10.0 Å². The third-order valence-electron chi connectivity index (χ3n) is 2.91. The van der Waals surface area contributed by atoms with E-state index in [4.69, 9.17) is 0 Å². The fourth-order valence-corrected chi connectivity index (χ4v) is 3.85. The van der Waals surface area contributed by atoms with Crippen LogP contribution in [-0.2, 0) is 10.0 Å². The Balaban J connectivity index is 2.27. The van der Waals surface area contributed by atoms with Crippen molar-refractivity contribution in [1.82, 2.24) is 9.62 Å². The Morgan fingerprint density at radius 3 is 2.18 bits per heavy atom. The maximum Gasteiger partial charge on any atom is 0.243 e. The lowest BCUT2D eigenvalue weighted by Crippen LogP contribution is -2.55. The van der Waals surface area contributed by atoms with Gasteiger partial charge in [-0.2, -0.15) is 4.31 Å². The molecule has 1 aliphatic rings. The van der Waals surface area contributed by atoms with Crippen molar-refractivity contribution in [2.45, 2.75) is 30.8 Å². The fraction of sp³-hybridized carbons (Fsp3) is 0.500. The molecular weight excluding hydrogens is 236 g/mol. The van der Waals surface area contributed by atoms with Crippen LogP contribution < -0.4 is 5.32 Å². The first-order chi connectivity index (χ1) is 8.00. The first kappa shape index (κ1) is 12.5. The fourth-order valence-electron chi connectivity index (χ4n) is 2.21. The molecule has 94 valence electrons. The van der Waals surface area contributed by atoms with Gasteiger partial charge in [0, 0.05) is 25.2 Å². The predicted octanol–water partition coefficient (Wildman–Crippen LogP) is 1.06. The van der Waals surface area contributed by atoms with Crippen molar-refractivity contribution in [3.8, 4) is 0 Å². The minimum absolute atomic E-state index is 0.192. The number of nitrogens with one attached hydrogen (secondary N) is 1. The largest absolute Gasteiger partial charge is 0.309 e. The first-order valence-electron chi connectivity index (χ1n) is 5.81. The number of hydrogen-bond acceptors (Lipinski definition) is 3. The molecule has 1 N–H and O–H groups in total. The Morgan fingerprint density at radius 1 is 1.12 bits per heavy atom. The van der Waals surface area contributed by atoms with Crippen LogP contribution in [0.25, 0.3) is 0 Å². The van der Waals surface area contributed by atoms with E-state index in [1.807, 2.05) is 19.9 Å². The second-order valence-electron chi connectivity index (χ2n) is 4.60. The van der Waals surface area contributed by atoms with Gasteiger partial charge in [0.05, 0.1) is 4.90 Å². The van der Waals surface area contributed by atoms with E-state index in [1.54, 1.807) is 28.6 Å². The zero-order valence-electron chi connectivity index (χ0n) is 10.1. The van der Waals surface area contributed by atoms with E-state index in [9.17, 15) is 8.42 Å². The highest BCUT2D eigenvalue weighted by Gasteiger charge is 2.30. The molecular formula is C12H18N2O2S. The van der Waals surface area contributed by atoms with Crippen LogP contribution in [0.3, 0.4) is 0 Å². The van der Waals surface area contributed by atoms with Crippen molar-refractivity contribution in [1.29, 1.82) is 0 Å². The van der Waals surface area contributed by atoms with Gasteiger partial charge in [0.2, 0.25) is 10.0 Å². The number of nitrogens with zero attached hydrogens (tertiary/aromatic N) is 1. The number of benzene rings is 1. The molecule has 4 nitrogen and oxygen atoms in total. The number of piperazine rings is 1. The summed E-state index contributed by atoms with van der Waals surface area (Å²) in [6, 6.07) is 9.00. The summed E-state index contributed by atoms with van der Waals surface area (Å²) in [5.74, 6) is 0. The second-order valence-corrected chi connectivity index (χ2v) is 6.54. The summed E-state index contributed by atoms with van der Waals surface area (Å²) < 4.78 is 26.3. The van der Waals surface area contributed by atoms with Crippen molar-refractivity contribution >= 4 is 10.0 Å². The van der Waals surface area contributed by atoms with E-state index in [0.717, 1.165) is 0 Å². The molecule has 0 radical (unpaired) electrons.